The van der Waals surface area contributed by atoms with E-state index in [1.165, 1.54) is 10.7 Å². The number of thiazole rings is 1. The fraction of sp³-hybridized carbons (Fsp3) is 0.786. The van der Waals surface area contributed by atoms with Gasteiger partial charge in [-0.2, -0.15) is 0 Å². The van der Waals surface area contributed by atoms with Crippen LogP contribution in [0.25, 0.3) is 0 Å². The topological polar surface area (TPSA) is 28.2 Å². The van der Waals surface area contributed by atoms with E-state index in [4.69, 9.17) is 0 Å². The molecule has 0 saturated heterocycles. The zero-order chi connectivity index (χ0) is 13.7. The van der Waals surface area contributed by atoms with Crippen molar-refractivity contribution >= 4 is 11.3 Å². The summed E-state index contributed by atoms with van der Waals surface area (Å²) in [5, 5.41) is 6.77. The van der Waals surface area contributed by atoms with Crippen molar-refractivity contribution < 1.29 is 0 Å². The second-order valence-electron chi connectivity index (χ2n) is 5.67. The smallest absolute Gasteiger partial charge is 0.107 e. The van der Waals surface area contributed by atoms with E-state index in [1.54, 1.807) is 11.3 Å². The van der Waals surface area contributed by atoms with Crippen LogP contribution in [0, 0.1) is 5.92 Å². The van der Waals surface area contributed by atoms with Crippen molar-refractivity contribution in [2.24, 2.45) is 5.92 Å². The molecule has 0 bridgehead atoms. The molecular formula is C14H27N3S. The van der Waals surface area contributed by atoms with Gasteiger partial charge in [-0.1, -0.05) is 27.7 Å². The zero-order valence-electron chi connectivity index (χ0n) is 12.5. The molecule has 1 aromatic rings. The van der Waals surface area contributed by atoms with Crippen LogP contribution in [0.3, 0.4) is 0 Å². The second-order valence-corrected chi connectivity index (χ2v) is 6.61. The average Bonchev–Trinajstić information content (AvgIpc) is 2.72. The highest BCUT2D eigenvalue weighted by Gasteiger charge is 2.14. The molecule has 1 aromatic heterocycles. The summed E-state index contributed by atoms with van der Waals surface area (Å²) < 4.78 is 0. The highest BCUT2D eigenvalue weighted by Crippen LogP contribution is 2.15. The van der Waals surface area contributed by atoms with E-state index < -0.39 is 0 Å². The maximum absolute atomic E-state index is 4.68. The van der Waals surface area contributed by atoms with E-state index in [-0.39, 0.29) is 0 Å². The first kappa shape index (κ1) is 15.6. The number of nitrogens with zero attached hydrogens (tertiary/aromatic N) is 2. The predicted octanol–water partition coefficient (Wildman–Crippen LogP) is 3.12. The Morgan fingerprint density at radius 3 is 2.50 bits per heavy atom. The molecule has 0 radical (unpaired) electrons. The van der Waals surface area contributed by atoms with Crippen LogP contribution >= 0.6 is 11.3 Å². The second kappa shape index (κ2) is 7.22. The van der Waals surface area contributed by atoms with Gasteiger partial charge >= 0.3 is 0 Å². The van der Waals surface area contributed by atoms with Gasteiger partial charge in [-0.25, -0.2) is 4.98 Å². The summed E-state index contributed by atoms with van der Waals surface area (Å²) in [6, 6.07) is 1.10. The van der Waals surface area contributed by atoms with Gasteiger partial charge < -0.3 is 5.32 Å². The SMILES string of the molecule is CC(C)NCc1nc(CN(C)C(C)C(C)C)cs1. The number of aromatic nitrogens is 1. The third-order valence-electron chi connectivity index (χ3n) is 3.33. The van der Waals surface area contributed by atoms with Gasteiger partial charge in [0, 0.05) is 30.6 Å². The minimum Gasteiger partial charge on any atom is -0.308 e. The van der Waals surface area contributed by atoms with Crippen LogP contribution in [0.1, 0.15) is 45.3 Å². The quantitative estimate of drug-likeness (QED) is 0.824. The van der Waals surface area contributed by atoms with Crippen LogP contribution < -0.4 is 5.32 Å². The van der Waals surface area contributed by atoms with Crippen LogP contribution in [0.15, 0.2) is 5.38 Å². The highest BCUT2D eigenvalue weighted by molar-refractivity contribution is 7.09. The summed E-state index contributed by atoms with van der Waals surface area (Å²) in [7, 11) is 2.18. The van der Waals surface area contributed by atoms with E-state index in [9.17, 15) is 0 Å². The normalized spacial score (nSPS) is 13.8. The zero-order valence-corrected chi connectivity index (χ0v) is 13.3. The Kier molecular flexibility index (Phi) is 6.26. The van der Waals surface area contributed by atoms with Gasteiger partial charge in [0.15, 0.2) is 0 Å². The van der Waals surface area contributed by atoms with E-state index in [0.29, 0.717) is 18.0 Å². The van der Waals surface area contributed by atoms with Crippen molar-refractivity contribution in [3.05, 3.63) is 16.1 Å². The van der Waals surface area contributed by atoms with E-state index in [1.807, 2.05) is 0 Å². The predicted molar refractivity (Wildman–Crippen MR) is 79.9 cm³/mol. The molecule has 0 aliphatic rings. The van der Waals surface area contributed by atoms with Crippen LogP contribution in [-0.2, 0) is 13.1 Å². The van der Waals surface area contributed by atoms with Crippen molar-refractivity contribution in [3.63, 3.8) is 0 Å². The molecule has 1 unspecified atom stereocenters. The van der Waals surface area contributed by atoms with Gasteiger partial charge in [-0.05, 0) is 19.9 Å². The minimum absolute atomic E-state index is 0.515. The molecule has 4 heteroatoms. The first-order valence-corrected chi connectivity index (χ1v) is 7.65. The highest BCUT2D eigenvalue weighted by atomic mass is 32.1. The Morgan fingerprint density at radius 2 is 1.94 bits per heavy atom. The van der Waals surface area contributed by atoms with Gasteiger partial charge in [0.2, 0.25) is 0 Å². The van der Waals surface area contributed by atoms with Gasteiger partial charge in [0.25, 0.3) is 0 Å². The molecule has 0 fully saturated rings. The van der Waals surface area contributed by atoms with Gasteiger partial charge in [-0.3, -0.25) is 4.90 Å². The molecule has 0 amide bonds. The first-order chi connectivity index (χ1) is 8.40. The van der Waals surface area contributed by atoms with Crippen molar-refractivity contribution in [2.75, 3.05) is 7.05 Å². The first-order valence-electron chi connectivity index (χ1n) is 6.77. The van der Waals surface area contributed by atoms with E-state index in [2.05, 4.69) is 62.2 Å². The van der Waals surface area contributed by atoms with Crippen LogP contribution in [0.2, 0.25) is 0 Å². The lowest BCUT2D eigenvalue weighted by molar-refractivity contribution is 0.198. The molecule has 104 valence electrons. The number of rotatable bonds is 7. The molecule has 18 heavy (non-hydrogen) atoms. The van der Waals surface area contributed by atoms with Crippen LogP contribution in [-0.4, -0.2) is 29.0 Å². The Balaban J connectivity index is 2.48. The van der Waals surface area contributed by atoms with Crippen molar-refractivity contribution in [1.82, 2.24) is 15.2 Å². The van der Waals surface area contributed by atoms with Crippen molar-refractivity contribution in [3.8, 4) is 0 Å². The molecular weight excluding hydrogens is 242 g/mol. The standard InChI is InChI=1S/C14H27N3S/c1-10(2)12(5)17(6)8-13-9-18-14(16-13)7-15-11(3)4/h9-12,15H,7-8H2,1-6H3. The molecule has 0 aromatic carbocycles. The molecule has 1 N–H and O–H groups in total. The lowest BCUT2D eigenvalue weighted by Gasteiger charge is -2.26. The largest absolute Gasteiger partial charge is 0.308 e. The summed E-state index contributed by atoms with van der Waals surface area (Å²) in [5.74, 6) is 0.677. The Hall–Kier alpha value is -0.450. The summed E-state index contributed by atoms with van der Waals surface area (Å²) in [5.41, 5.74) is 1.19. The summed E-state index contributed by atoms with van der Waals surface area (Å²) in [4.78, 5) is 7.05. The minimum atomic E-state index is 0.515. The summed E-state index contributed by atoms with van der Waals surface area (Å²) in [6.45, 7) is 12.9. The van der Waals surface area contributed by atoms with Crippen LogP contribution in [0.4, 0.5) is 0 Å². The number of nitrogens with one attached hydrogen (secondary N) is 1. The van der Waals surface area contributed by atoms with E-state index >= 15 is 0 Å². The molecule has 0 aliphatic heterocycles. The van der Waals surface area contributed by atoms with Gasteiger partial charge in [-0.15, -0.1) is 11.3 Å². The summed E-state index contributed by atoms with van der Waals surface area (Å²) >= 11 is 1.75. The fourth-order valence-electron chi connectivity index (χ4n) is 1.70. The molecule has 1 rings (SSSR count). The van der Waals surface area contributed by atoms with Crippen molar-refractivity contribution in [1.29, 1.82) is 0 Å². The third-order valence-corrected chi connectivity index (χ3v) is 4.23. The Morgan fingerprint density at radius 1 is 1.28 bits per heavy atom. The summed E-state index contributed by atoms with van der Waals surface area (Å²) in [6.07, 6.45) is 0. The molecule has 3 nitrogen and oxygen atoms in total. The molecule has 0 saturated carbocycles. The maximum atomic E-state index is 4.68. The maximum Gasteiger partial charge on any atom is 0.107 e. The Bertz CT molecular complexity index is 347. The Labute approximate surface area is 116 Å². The monoisotopic (exact) mass is 269 g/mol. The molecule has 1 atom stereocenters. The lowest BCUT2D eigenvalue weighted by Crippen LogP contribution is -2.32. The molecule has 1 heterocycles. The lowest BCUT2D eigenvalue weighted by atomic mass is 10.1. The fourth-order valence-corrected chi connectivity index (χ4v) is 2.44. The van der Waals surface area contributed by atoms with E-state index in [0.717, 1.165) is 13.1 Å². The number of hydrogen-bond acceptors (Lipinski definition) is 4. The van der Waals surface area contributed by atoms with Crippen molar-refractivity contribution in [2.45, 2.75) is 59.8 Å². The average molecular weight is 269 g/mol. The molecule has 0 spiro atoms. The number of hydrogen-bond donors (Lipinski definition) is 1. The molecule has 0 aliphatic carbocycles. The van der Waals surface area contributed by atoms with Crippen LogP contribution in [0.5, 0.6) is 0 Å². The van der Waals surface area contributed by atoms with Gasteiger partial charge in [0.1, 0.15) is 5.01 Å². The third kappa shape index (κ3) is 5.04. The van der Waals surface area contributed by atoms with Gasteiger partial charge in [0.05, 0.1) is 5.69 Å².